The lowest BCUT2D eigenvalue weighted by molar-refractivity contribution is -0.0120. The molecule has 0 spiro atoms. The van der Waals surface area contributed by atoms with E-state index in [0.717, 1.165) is 17.8 Å². The van der Waals surface area contributed by atoms with Crippen molar-refractivity contribution in [2.45, 2.75) is 53.9 Å². The molecule has 1 fully saturated rings. The molecule has 0 aromatic heterocycles. The fourth-order valence-corrected chi connectivity index (χ4v) is 2.52. The van der Waals surface area contributed by atoms with Crippen molar-refractivity contribution in [3.05, 3.63) is 0 Å². The molecule has 2 unspecified atom stereocenters. The van der Waals surface area contributed by atoms with E-state index in [1.165, 1.54) is 19.3 Å². The number of hydrogen-bond acceptors (Lipinski definition) is 0. The zero-order chi connectivity index (χ0) is 9.35. The zero-order valence-electron chi connectivity index (χ0n) is 9.35. The number of rotatable bonds is 3. The summed E-state index contributed by atoms with van der Waals surface area (Å²) in [6.07, 6.45) is 4.38. The van der Waals surface area contributed by atoms with E-state index in [1.54, 1.807) is 0 Å². The molecule has 72 valence electrons. The monoisotopic (exact) mass is 168 g/mol. The summed E-state index contributed by atoms with van der Waals surface area (Å²) in [6, 6.07) is 0. The summed E-state index contributed by atoms with van der Waals surface area (Å²) >= 11 is 0. The van der Waals surface area contributed by atoms with Crippen molar-refractivity contribution in [1.82, 2.24) is 0 Å². The fourth-order valence-electron chi connectivity index (χ4n) is 2.52. The summed E-state index contributed by atoms with van der Waals surface area (Å²) in [4.78, 5) is 0. The molecule has 1 saturated carbocycles. The third-order valence-electron chi connectivity index (χ3n) is 4.04. The summed E-state index contributed by atoms with van der Waals surface area (Å²) < 4.78 is 0. The van der Waals surface area contributed by atoms with E-state index in [0.29, 0.717) is 5.41 Å². The van der Waals surface area contributed by atoms with Gasteiger partial charge in [0.1, 0.15) is 0 Å². The van der Waals surface area contributed by atoms with Gasteiger partial charge in [0.15, 0.2) is 0 Å². The van der Waals surface area contributed by atoms with Gasteiger partial charge >= 0.3 is 0 Å². The van der Waals surface area contributed by atoms with Gasteiger partial charge in [-0.15, -0.1) is 0 Å². The van der Waals surface area contributed by atoms with Gasteiger partial charge in [-0.2, -0.15) is 0 Å². The van der Waals surface area contributed by atoms with Gasteiger partial charge in [-0.25, -0.2) is 0 Å². The van der Waals surface area contributed by atoms with Crippen molar-refractivity contribution in [3.8, 4) is 0 Å². The van der Waals surface area contributed by atoms with Crippen molar-refractivity contribution in [3.63, 3.8) is 0 Å². The Hall–Kier alpha value is 0. The van der Waals surface area contributed by atoms with Crippen LogP contribution in [0.1, 0.15) is 53.9 Å². The Morgan fingerprint density at radius 3 is 2.08 bits per heavy atom. The topological polar surface area (TPSA) is 0 Å². The van der Waals surface area contributed by atoms with Crippen LogP contribution in [0.25, 0.3) is 0 Å². The van der Waals surface area contributed by atoms with Crippen molar-refractivity contribution < 1.29 is 0 Å². The second-order valence-corrected chi connectivity index (χ2v) is 5.53. The van der Waals surface area contributed by atoms with Crippen LogP contribution >= 0.6 is 0 Å². The average Bonchev–Trinajstić information content (AvgIpc) is 1.96. The SMILES string of the molecule is CC(C)CC1CCC1(C)C(C)C. The second kappa shape index (κ2) is 3.40. The van der Waals surface area contributed by atoms with Crippen LogP contribution < -0.4 is 0 Å². The van der Waals surface area contributed by atoms with Gasteiger partial charge in [-0.3, -0.25) is 0 Å². The molecule has 0 nitrogen and oxygen atoms in total. The highest BCUT2D eigenvalue weighted by atomic mass is 14.5. The standard InChI is InChI=1S/C12H24/c1-9(2)8-11-6-7-12(11,5)10(3)4/h9-11H,6-8H2,1-5H3. The van der Waals surface area contributed by atoms with E-state index in [9.17, 15) is 0 Å². The minimum Gasteiger partial charge on any atom is -0.0628 e. The Bertz CT molecular complexity index is 146. The minimum absolute atomic E-state index is 0.671. The summed E-state index contributed by atoms with van der Waals surface area (Å²) in [5, 5.41) is 0. The summed E-state index contributed by atoms with van der Waals surface area (Å²) in [5.41, 5.74) is 0.671. The smallest absolute Gasteiger partial charge is 0.0274 e. The van der Waals surface area contributed by atoms with Gasteiger partial charge in [0.05, 0.1) is 0 Å². The van der Waals surface area contributed by atoms with Crippen LogP contribution in [0, 0.1) is 23.2 Å². The molecular weight excluding hydrogens is 144 g/mol. The Labute approximate surface area is 77.7 Å². The molecule has 1 aliphatic carbocycles. The quantitative estimate of drug-likeness (QED) is 0.595. The summed E-state index contributed by atoms with van der Waals surface area (Å²) in [5.74, 6) is 2.76. The zero-order valence-corrected chi connectivity index (χ0v) is 9.35. The molecule has 0 heteroatoms. The van der Waals surface area contributed by atoms with Gasteiger partial charge in [-0.05, 0) is 42.4 Å². The van der Waals surface area contributed by atoms with Crippen LogP contribution in [0.2, 0.25) is 0 Å². The van der Waals surface area contributed by atoms with Crippen molar-refractivity contribution in [2.24, 2.45) is 23.2 Å². The van der Waals surface area contributed by atoms with Crippen LogP contribution in [0.4, 0.5) is 0 Å². The third-order valence-corrected chi connectivity index (χ3v) is 4.04. The Balaban J connectivity index is 2.47. The van der Waals surface area contributed by atoms with E-state index < -0.39 is 0 Å². The first-order valence-electron chi connectivity index (χ1n) is 5.47. The number of hydrogen-bond donors (Lipinski definition) is 0. The molecule has 0 aromatic carbocycles. The largest absolute Gasteiger partial charge is 0.0628 e. The van der Waals surface area contributed by atoms with Crippen molar-refractivity contribution >= 4 is 0 Å². The lowest BCUT2D eigenvalue weighted by Gasteiger charge is -2.51. The molecular formula is C12H24. The lowest BCUT2D eigenvalue weighted by atomic mass is 9.54. The average molecular weight is 168 g/mol. The van der Waals surface area contributed by atoms with E-state index in [2.05, 4.69) is 34.6 Å². The Kier molecular flexibility index (Phi) is 2.85. The lowest BCUT2D eigenvalue weighted by Crippen LogP contribution is -2.42. The summed E-state index contributed by atoms with van der Waals surface area (Å²) in [6.45, 7) is 11.9. The molecule has 12 heavy (non-hydrogen) atoms. The molecule has 1 aliphatic rings. The van der Waals surface area contributed by atoms with Crippen LogP contribution in [-0.2, 0) is 0 Å². The highest BCUT2D eigenvalue weighted by molar-refractivity contribution is 4.94. The van der Waals surface area contributed by atoms with Gasteiger partial charge in [0.2, 0.25) is 0 Å². The minimum atomic E-state index is 0.671. The van der Waals surface area contributed by atoms with E-state index >= 15 is 0 Å². The van der Waals surface area contributed by atoms with Crippen LogP contribution in [-0.4, -0.2) is 0 Å². The second-order valence-electron chi connectivity index (χ2n) is 5.53. The molecule has 1 rings (SSSR count). The maximum absolute atomic E-state index is 2.48. The molecule has 0 aliphatic heterocycles. The predicted molar refractivity (Wildman–Crippen MR) is 55.1 cm³/mol. The first-order chi connectivity index (χ1) is 5.47. The van der Waals surface area contributed by atoms with Crippen LogP contribution in [0.5, 0.6) is 0 Å². The van der Waals surface area contributed by atoms with E-state index in [4.69, 9.17) is 0 Å². The first kappa shape index (κ1) is 10.1. The molecule has 0 saturated heterocycles. The summed E-state index contributed by atoms with van der Waals surface area (Å²) in [7, 11) is 0. The third kappa shape index (κ3) is 1.67. The molecule has 0 N–H and O–H groups in total. The highest BCUT2D eigenvalue weighted by Gasteiger charge is 2.44. The normalized spacial score (nSPS) is 35.8. The Morgan fingerprint density at radius 2 is 1.83 bits per heavy atom. The van der Waals surface area contributed by atoms with E-state index in [1.807, 2.05) is 0 Å². The predicted octanol–water partition coefficient (Wildman–Crippen LogP) is 4.10. The first-order valence-corrected chi connectivity index (χ1v) is 5.47. The fraction of sp³-hybridized carbons (Fsp3) is 1.00. The molecule has 0 aromatic rings. The van der Waals surface area contributed by atoms with E-state index in [-0.39, 0.29) is 0 Å². The molecule has 0 radical (unpaired) electrons. The van der Waals surface area contributed by atoms with Gasteiger partial charge in [0.25, 0.3) is 0 Å². The van der Waals surface area contributed by atoms with Crippen LogP contribution in [0.3, 0.4) is 0 Å². The van der Waals surface area contributed by atoms with Crippen molar-refractivity contribution in [1.29, 1.82) is 0 Å². The van der Waals surface area contributed by atoms with Crippen LogP contribution in [0.15, 0.2) is 0 Å². The van der Waals surface area contributed by atoms with Crippen molar-refractivity contribution in [2.75, 3.05) is 0 Å². The molecule has 0 amide bonds. The van der Waals surface area contributed by atoms with Gasteiger partial charge < -0.3 is 0 Å². The molecule has 0 heterocycles. The van der Waals surface area contributed by atoms with Gasteiger partial charge in [0, 0.05) is 0 Å². The maximum Gasteiger partial charge on any atom is -0.0274 e. The molecule has 0 bridgehead atoms. The van der Waals surface area contributed by atoms with Gasteiger partial charge in [-0.1, -0.05) is 34.6 Å². The Morgan fingerprint density at radius 1 is 1.25 bits per heavy atom. The maximum atomic E-state index is 2.48. The highest BCUT2D eigenvalue weighted by Crippen LogP contribution is 2.53. The molecule has 2 atom stereocenters.